The minimum atomic E-state index is 0.801. The Bertz CT molecular complexity index is 351. The second-order valence-electron chi connectivity index (χ2n) is 9.16. The second kappa shape index (κ2) is 9.00. The molecule has 1 aliphatic carbocycles. The lowest BCUT2D eigenvalue weighted by atomic mass is 9.75. The van der Waals surface area contributed by atoms with Gasteiger partial charge < -0.3 is 14.5 Å². The van der Waals surface area contributed by atoms with Gasteiger partial charge in [0.1, 0.15) is 0 Å². The van der Waals surface area contributed by atoms with Crippen molar-refractivity contribution in [3.8, 4) is 0 Å². The molecule has 0 radical (unpaired) electrons. The van der Waals surface area contributed by atoms with E-state index in [9.17, 15) is 0 Å². The van der Waals surface area contributed by atoms with Gasteiger partial charge >= 0.3 is 0 Å². The number of ether oxygens (including phenoxy) is 1. The van der Waals surface area contributed by atoms with Crippen LogP contribution >= 0.6 is 0 Å². The molecular formula is C21H40N2O. The lowest BCUT2D eigenvalue weighted by molar-refractivity contribution is 0.0152. The van der Waals surface area contributed by atoms with Crippen molar-refractivity contribution in [3.63, 3.8) is 0 Å². The van der Waals surface area contributed by atoms with E-state index in [2.05, 4.69) is 30.7 Å². The standard InChI is InChI=1S/C21H40N2O/c1-17-14-18(2)16-19(15-17)4-9-22(3)20-5-10-23(11-6-20)21-7-12-24-13-8-21/h17-21H,4-16H2,1-3H3. The highest BCUT2D eigenvalue weighted by atomic mass is 16.5. The van der Waals surface area contributed by atoms with E-state index < -0.39 is 0 Å². The Morgan fingerprint density at radius 1 is 0.917 bits per heavy atom. The molecule has 3 heteroatoms. The first kappa shape index (κ1) is 18.7. The Morgan fingerprint density at radius 3 is 2.17 bits per heavy atom. The average Bonchev–Trinajstić information content (AvgIpc) is 2.60. The summed E-state index contributed by atoms with van der Waals surface area (Å²) in [5.41, 5.74) is 0. The van der Waals surface area contributed by atoms with E-state index in [0.29, 0.717) is 0 Å². The Labute approximate surface area is 150 Å². The summed E-state index contributed by atoms with van der Waals surface area (Å²) in [4.78, 5) is 5.43. The third-order valence-corrected chi connectivity index (χ3v) is 7.00. The van der Waals surface area contributed by atoms with E-state index in [1.54, 1.807) is 0 Å². The van der Waals surface area contributed by atoms with Crippen molar-refractivity contribution in [2.24, 2.45) is 17.8 Å². The van der Waals surface area contributed by atoms with E-state index in [0.717, 1.165) is 43.1 Å². The van der Waals surface area contributed by atoms with Gasteiger partial charge in [-0.15, -0.1) is 0 Å². The number of hydrogen-bond donors (Lipinski definition) is 0. The summed E-state index contributed by atoms with van der Waals surface area (Å²) >= 11 is 0. The molecule has 3 fully saturated rings. The molecule has 2 saturated heterocycles. The van der Waals surface area contributed by atoms with Gasteiger partial charge in [-0.1, -0.05) is 13.8 Å². The predicted molar refractivity (Wildman–Crippen MR) is 101 cm³/mol. The number of rotatable bonds is 5. The fourth-order valence-corrected chi connectivity index (χ4v) is 5.66. The molecule has 24 heavy (non-hydrogen) atoms. The van der Waals surface area contributed by atoms with E-state index in [1.807, 2.05) is 0 Å². The van der Waals surface area contributed by atoms with Crippen LogP contribution in [0, 0.1) is 17.8 Å². The Kier molecular flexibility index (Phi) is 7.00. The molecule has 0 bridgehead atoms. The van der Waals surface area contributed by atoms with Crippen LogP contribution in [0.2, 0.25) is 0 Å². The average molecular weight is 337 g/mol. The van der Waals surface area contributed by atoms with Gasteiger partial charge in [0.15, 0.2) is 0 Å². The highest BCUT2D eigenvalue weighted by molar-refractivity contribution is 4.84. The normalized spacial score (nSPS) is 34.8. The van der Waals surface area contributed by atoms with Crippen LogP contribution in [0.3, 0.4) is 0 Å². The van der Waals surface area contributed by atoms with Crippen molar-refractivity contribution in [2.45, 2.75) is 77.3 Å². The molecule has 3 aliphatic rings. The summed E-state index contributed by atoms with van der Waals surface area (Å²) in [7, 11) is 2.38. The zero-order valence-corrected chi connectivity index (χ0v) is 16.4. The van der Waals surface area contributed by atoms with Crippen LogP contribution in [0.25, 0.3) is 0 Å². The molecule has 3 nitrogen and oxygen atoms in total. The quantitative estimate of drug-likeness (QED) is 0.754. The van der Waals surface area contributed by atoms with Crippen LogP contribution in [0.5, 0.6) is 0 Å². The maximum absolute atomic E-state index is 5.52. The molecular weight excluding hydrogens is 296 g/mol. The fraction of sp³-hybridized carbons (Fsp3) is 1.00. The highest BCUT2D eigenvalue weighted by Crippen LogP contribution is 2.35. The first-order valence-corrected chi connectivity index (χ1v) is 10.6. The van der Waals surface area contributed by atoms with E-state index in [4.69, 9.17) is 4.74 Å². The molecule has 2 atom stereocenters. The fourth-order valence-electron chi connectivity index (χ4n) is 5.66. The van der Waals surface area contributed by atoms with Gasteiger partial charge in [-0.05, 0) is 95.8 Å². The largest absolute Gasteiger partial charge is 0.381 e. The van der Waals surface area contributed by atoms with Crippen LogP contribution < -0.4 is 0 Å². The van der Waals surface area contributed by atoms with Gasteiger partial charge in [0, 0.05) is 25.3 Å². The summed E-state index contributed by atoms with van der Waals surface area (Å²) in [6.45, 7) is 10.8. The van der Waals surface area contributed by atoms with Crippen molar-refractivity contribution in [1.82, 2.24) is 9.80 Å². The maximum atomic E-state index is 5.52. The first-order chi connectivity index (χ1) is 11.6. The van der Waals surface area contributed by atoms with Crippen molar-refractivity contribution in [2.75, 3.05) is 39.9 Å². The molecule has 0 spiro atoms. The maximum Gasteiger partial charge on any atom is 0.0480 e. The predicted octanol–water partition coefficient (Wildman–Crippen LogP) is 4.02. The lowest BCUT2D eigenvalue weighted by Crippen LogP contribution is -2.48. The van der Waals surface area contributed by atoms with Gasteiger partial charge in [0.25, 0.3) is 0 Å². The molecule has 0 aromatic heterocycles. The summed E-state index contributed by atoms with van der Waals surface area (Å²) in [6, 6.07) is 1.62. The molecule has 2 aliphatic heterocycles. The summed E-state index contributed by atoms with van der Waals surface area (Å²) in [5.74, 6) is 2.88. The summed E-state index contributed by atoms with van der Waals surface area (Å²) in [5, 5.41) is 0. The monoisotopic (exact) mass is 336 g/mol. The van der Waals surface area contributed by atoms with Crippen molar-refractivity contribution in [1.29, 1.82) is 0 Å². The molecule has 1 saturated carbocycles. The minimum absolute atomic E-state index is 0.801. The van der Waals surface area contributed by atoms with Gasteiger partial charge in [-0.25, -0.2) is 0 Å². The Balaban J connectivity index is 1.36. The Morgan fingerprint density at radius 2 is 1.54 bits per heavy atom. The van der Waals surface area contributed by atoms with E-state index >= 15 is 0 Å². The van der Waals surface area contributed by atoms with Crippen molar-refractivity contribution < 1.29 is 4.74 Å². The van der Waals surface area contributed by atoms with Crippen molar-refractivity contribution >= 4 is 0 Å². The summed E-state index contributed by atoms with van der Waals surface area (Å²) < 4.78 is 5.52. The molecule has 140 valence electrons. The zero-order valence-electron chi connectivity index (χ0n) is 16.4. The molecule has 0 N–H and O–H groups in total. The van der Waals surface area contributed by atoms with Crippen LogP contribution in [0.4, 0.5) is 0 Å². The highest BCUT2D eigenvalue weighted by Gasteiger charge is 2.29. The molecule has 0 aromatic rings. The molecule has 2 unspecified atom stereocenters. The van der Waals surface area contributed by atoms with Crippen LogP contribution in [-0.2, 0) is 4.74 Å². The molecule has 3 rings (SSSR count). The number of nitrogens with zero attached hydrogens (tertiary/aromatic N) is 2. The second-order valence-corrected chi connectivity index (χ2v) is 9.16. The van der Waals surface area contributed by atoms with Gasteiger partial charge in [0.2, 0.25) is 0 Å². The lowest BCUT2D eigenvalue weighted by Gasteiger charge is -2.42. The molecule has 0 amide bonds. The van der Waals surface area contributed by atoms with Crippen LogP contribution in [0.15, 0.2) is 0 Å². The number of likely N-dealkylation sites (tertiary alicyclic amines) is 1. The first-order valence-electron chi connectivity index (χ1n) is 10.6. The third-order valence-electron chi connectivity index (χ3n) is 7.00. The van der Waals surface area contributed by atoms with Gasteiger partial charge in [-0.2, -0.15) is 0 Å². The number of piperidine rings is 1. The van der Waals surface area contributed by atoms with Crippen LogP contribution in [0.1, 0.15) is 65.2 Å². The van der Waals surface area contributed by atoms with Crippen LogP contribution in [-0.4, -0.2) is 61.8 Å². The summed E-state index contributed by atoms with van der Waals surface area (Å²) in [6.07, 6.45) is 11.1. The molecule has 2 heterocycles. The zero-order chi connectivity index (χ0) is 16.9. The Hall–Kier alpha value is -0.120. The van der Waals surface area contributed by atoms with Gasteiger partial charge in [0.05, 0.1) is 0 Å². The topological polar surface area (TPSA) is 15.7 Å². The molecule has 0 aromatic carbocycles. The van der Waals surface area contributed by atoms with Gasteiger partial charge in [-0.3, -0.25) is 0 Å². The minimum Gasteiger partial charge on any atom is -0.381 e. The van der Waals surface area contributed by atoms with Crippen molar-refractivity contribution in [3.05, 3.63) is 0 Å². The van der Waals surface area contributed by atoms with E-state index in [-0.39, 0.29) is 0 Å². The third kappa shape index (κ3) is 5.19. The van der Waals surface area contributed by atoms with E-state index in [1.165, 1.54) is 71.0 Å². The number of hydrogen-bond acceptors (Lipinski definition) is 3. The SMILES string of the molecule is CC1CC(C)CC(CCN(C)C2CCN(C3CCOCC3)CC2)C1. The smallest absolute Gasteiger partial charge is 0.0480 e.